The molecule has 156 valence electrons. The summed E-state index contributed by atoms with van der Waals surface area (Å²) in [5, 5.41) is 13.0. The maximum Gasteiger partial charge on any atom is 0.128 e. The van der Waals surface area contributed by atoms with Crippen molar-refractivity contribution < 1.29 is 13.9 Å². The average molecular weight is 415 g/mol. The SMILES string of the molecule is Oc1ccc2ccccc2c1[C@@H](c1ccccc1)N1CCC[C@@H]1c1cc(F)ccc1F. The van der Waals surface area contributed by atoms with Crippen LogP contribution >= 0.6 is 0 Å². The smallest absolute Gasteiger partial charge is 0.128 e. The fourth-order valence-electron chi connectivity index (χ4n) is 4.93. The molecule has 1 aliphatic heterocycles. The Morgan fingerprint density at radius 3 is 2.48 bits per heavy atom. The number of phenolic OH excluding ortho intramolecular Hbond substituents is 1. The zero-order chi connectivity index (χ0) is 21.4. The third-order valence-corrected chi connectivity index (χ3v) is 6.28. The lowest BCUT2D eigenvalue weighted by Crippen LogP contribution is -2.30. The zero-order valence-electron chi connectivity index (χ0n) is 17.0. The van der Waals surface area contributed by atoms with Crippen LogP contribution in [0.1, 0.15) is 41.6 Å². The fraction of sp³-hybridized carbons (Fsp3) is 0.185. The van der Waals surface area contributed by atoms with E-state index in [1.807, 2.05) is 60.7 Å². The molecule has 1 heterocycles. The quantitative estimate of drug-likeness (QED) is 0.398. The first-order chi connectivity index (χ1) is 15.1. The molecule has 0 spiro atoms. The summed E-state index contributed by atoms with van der Waals surface area (Å²) in [6.07, 6.45) is 1.60. The summed E-state index contributed by atoms with van der Waals surface area (Å²) in [5.41, 5.74) is 2.18. The minimum atomic E-state index is -0.437. The van der Waals surface area contributed by atoms with Gasteiger partial charge in [-0.25, -0.2) is 8.78 Å². The van der Waals surface area contributed by atoms with Crippen LogP contribution in [0.3, 0.4) is 0 Å². The first-order valence-corrected chi connectivity index (χ1v) is 10.6. The van der Waals surface area contributed by atoms with Crippen molar-refractivity contribution in [2.45, 2.75) is 24.9 Å². The lowest BCUT2D eigenvalue weighted by atomic mass is 9.90. The van der Waals surface area contributed by atoms with Crippen molar-refractivity contribution >= 4 is 10.8 Å². The average Bonchev–Trinajstić information content (AvgIpc) is 3.27. The summed E-state index contributed by atoms with van der Waals surface area (Å²) in [6.45, 7) is 0.725. The standard InChI is InChI=1S/C27H23F2NO/c28-20-13-14-23(29)22(17-20)24-11-6-16-30(24)27(19-8-2-1-3-9-19)26-21-10-5-4-7-18(21)12-15-25(26)31/h1-5,7-10,12-15,17,24,27,31H,6,11,16H2/t24-,27-/m1/s1. The van der Waals surface area contributed by atoms with Crippen molar-refractivity contribution in [3.05, 3.63) is 113 Å². The van der Waals surface area contributed by atoms with E-state index in [9.17, 15) is 13.9 Å². The van der Waals surface area contributed by atoms with Crippen LogP contribution in [0.5, 0.6) is 5.75 Å². The van der Waals surface area contributed by atoms with E-state index >= 15 is 0 Å². The van der Waals surface area contributed by atoms with Crippen molar-refractivity contribution in [1.82, 2.24) is 4.90 Å². The van der Waals surface area contributed by atoms with Gasteiger partial charge in [-0.2, -0.15) is 0 Å². The van der Waals surface area contributed by atoms with Crippen LogP contribution < -0.4 is 0 Å². The van der Waals surface area contributed by atoms with Gasteiger partial charge >= 0.3 is 0 Å². The zero-order valence-corrected chi connectivity index (χ0v) is 17.0. The van der Waals surface area contributed by atoms with Crippen LogP contribution in [0.25, 0.3) is 10.8 Å². The normalized spacial score (nSPS) is 17.8. The number of nitrogens with zero attached hydrogens (tertiary/aromatic N) is 1. The van der Waals surface area contributed by atoms with Gasteiger partial charge in [-0.3, -0.25) is 4.90 Å². The van der Waals surface area contributed by atoms with Crippen molar-refractivity contribution in [3.8, 4) is 5.75 Å². The molecule has 0 aromatic heterocycles. The minimum Gasteiger partial charge on any atom is -0.508 e. The van der Waals surface area contributed by atoms with Crippen molar-refractivity contribution in [2.75, 3.05) is 6.54 Å². The molecule has 1 fully saturated rings. The lowest BCUT2D eigenvalue weighted by molar-refractivity contribution is 0.202. The van der Waals surface area contributed by atoms with E-state index in [1.165, 1.54) is 12.1 Å². The summed E-state index contributed by atoms with van der Waals surface area (Å²) in [6, 6.07) is 24.7. The number of aromatic hydroxyl groups is 1. The first kappa shape index (κ1) is 19.7. The first-order valence-electron chi connectivity index (χ1n) is 10.6. The maximum atomic E-state index is 14.8. The Balaban J connectivity index is 1.72. The van der Waals surface area contributed by atoms with E-state index in [0.29, 0.717) is 5.56 Å². The van der Waals surface area contributed by atoms with Gasteiger partial charge in [-0.05, 0) is 60.0 Å². The van der Waals surface area contributed by atoms with Crippen molar-refractivity contribution in [3.63, 3.8) is 0 Å². The molecule has 2 nitrogen and oxygen atoms in total. The van der Waals surface area contributed by atoms with Gasteiger partial charge in [0.1, 0.15) is 17.4 Å². The molecule has 0 radical (unpaired) electrons. The Kier molecular flexibility index (Phi) is 5.16. The number of likely N-dealkylation sites (tertiary alicyclic amines) is 1. The van der Waals surface area contributed by atoms with Crippen LogP contribution in [0.15, 0.2) is 84.9 Å². The lowest BCUT2D eigenvalue weighted by Gasteiger charge is -2.35. The molecule has 0 saturated carbocycles. The molecule has 0 amide bonds. The summed E-state index contributed by atoms with van der Waals surface area (Å²) in [7, 11) is 0. The molecule has 4 aromatic carbocycles. The second kappa shape index (κ2) is 8.12. The number of phenols is 1. The number of hydrogen-bond acceptors (Lipinski definition) is 2. The highest BCUT2D eigenvalue weighted by molar-refractivity contribution is 5.88. The van der Waals surface area contributed by atoms with Gasteiger partial charge in [0, 0.05) is 17.2 Å². The topological polar surface area (TPSA) is 23.5 Å². The van der Waals surface area contributed by atoms with Gasteiger partial charge in [0.2, 0.25) is 0 Å². The van der Waals surface area contributed by atoms with Crippen molar-refractivity contribution in [1.29, 1.82) is 0 Å². The van der Waals surface area contributed by atoms with Crippen molar-refractivity contribution in [2.24, 2.45) is 0 Å². The Bertz CT molecular complexity index is 1220. The number of benzene rings is 4. The van der Waals surface area contributed by atoms with Crippen LogP contribution in [0, 0.1) is 11.6 Å². The second-order valence-corrected chi connectivity index (χ2v) is 8.09. The van der Waals surface area contributed by atoms with E-state index in [4.69, 9.17) is 0 Å². The molecule has 0 bridgehead atoms. The van der Waals surface area contributed by atoms with E-state index < -0.39 is 11.6 Å². The van der Waals surface area contributed by atoms with Gasteiger partial charge in [-0.15, -0.1) is 0 Å². The van der Waals surface area contributed by atoms with Gasteiger partial charge in [0.15, 0.2) is 0 Å². The minimum absolute atomic E-state index is 0.206. The third kappa shape index (κ3) is 3.57. The number of hydrogen-bond donors (Lipinski definition) is 1. The highest BCUT2D eigenvalue weighted by Crippen LogP contribution is 2.46. The van der Waals surface area contributed by atoms with Crippen LogP contribution in [0.2, 0.25) is 0 Å². The number of rotatable bonds is 4. The number of fused-ring (bicyclic) bond motifs is 1. The molecule has 31 heavy (non-hydrogen) atoms. The highest BCUT2D eigenvalue weighted by Gasteiger charge is 2.36. The summed E-state index contributed by atoms with van der Waals surface area (Å²) in [4.78, 5) is 2.20. The van der Waals surface area contributed by atoms with Crippen LogP contribution in [-0.4, -0.2) is 16.6 Å². The van der Waals surface area contributed by atoms with Gasteiger partial charge in [0.25, 0.3) is 0 Å². The van der Waals surface area contributed by atoms with Crippen LogP contribution in [0.4, 0.5) is 8.78 Å². The molecule has 0 unspecified atom stereocenters. The third-order valence-electron chi connectivity index (χ3n) is 6.28. The molecule has 1 N–H and O–H groups in total. The Hall–Kier alpha value is -3.24. The van der Waals surface area contributed by atoms with E-state index in [1.54, 1.807) is 6.07 Å². The molecule has 4 heteroatoms. The predicted molar refractivity (Wildman–Crippen MR) is 119 cm³/mol. The highest BCUT2D eigenvalue weighted by atomic mass is 19.1. The Morgan fingerprint density at radius 1 is 0.871 bits per heavy atom. The largest absolute Gasteiger partial charge is 0.508 e. The van der Waals surface area contributed by atoms with E-state index in [2.05, 4.69) is 4.90 Å². The molecular formula is C27H23F2NO. The Morgan fingerprint density at radius 2 is 1.65 bits per heavy atom. The number of halogens is 2. The van der Waals surface area contributed by atoms with Gasteiger partial charge in [0.05, 0.1) is 6.04 Å². The van der Waals surface area contributed by atoms with Crippen LogP contribution in [-0.2, 0) is 0 Å². The Labute approximate surface area is 180 Å². The summed E-state index contributed by atoms with van der Waals surface area (Å²) < 4.78 is 28.8. The molecule has 1 saturated heterocycles. The molecule has 4 aromatic rings. The molecule has 0 aliphatic carbocycles. The van der Waals surface area contributed by atoms with E-state index in [-0.39, 0.29) is 17.8 Å². The fourth-order valence-corrected chi connectivity index (χ4v) is 4.93. The molecule has 5 rings (SSSR count). The summed E-state index contributed by atoms with van der Waals surface area (Å²) in [5.74, 6) is -0.627. The molecular weight excluding hydrogens is 392 g/mol. The van der Waals surface area contributed by atoms with E-state index in [0.717, 1.165) is 47.4 Å². The molecule has 2 atom stereocenters. The summed E-state index contributed by atoms with van der Waals surface area (Å²) >= 11 is 0. The second-order valence-electron chi connectivity index (χ2n) is 8.09. The van der Waals surface area contributed by atoms with Gasteiger partial charge < -0.3 is 5.11 Å². The molecule has 1 aliphatic rings. The van der Waals surface area contributed by atoms with Gasteiger partial charge in [-0.1, -0.05) is 60.7 Å². The maximum absolute atomic E-state index is 14.8. The monoisotopic (exact) mass is 415 g/mol. The predicted octanol–water partition coefficient (Wildman–Crippen LogP) is 6.75.